The van der Waals surface area contributed by atoms with Crippen molar-refractivity contribution in [2.24, 2.45) is 4.99 Å². The van der Waals surface area contributed by atoms with E-state index in [4.69, 9.17) is 4.74 Å². The van der Waals surface area contributed by atoms with Crippen LogP contribution >= 0.6 is 0 Å². The first-order chi connectivity index (χ1) is 12.5. The molecule has 26 heavy (non-hydrogen) atoms. The van der Waals surface area contributed by atoms with Crippen LogP contribution in [0.15, 0.2) is 45.0 Å². The van der Waals surface area contributed by atoms with Crippen molar-refractivity contribution in [2.45, 2.75) is 12.5 Å². The Morgan fingerprint density at radius 2 is 2.08 bits per heavy atom. The van der Waals surface area contributed by atoms with E-state index in [1.807, 2.05) is 34.2 Å². The molecule has 2 heterocycles. The summed E-state index contributed by atoms with van der Waals surface area (Å²) in [6, 6.07) is 6.67. The summed E-state index contributed by atoms with van der Waals surface area (Å²) in [5, 5.41) is 10.6. The number of carbonyl (C=O) groups excluding carboxylic acids is 1. The Bertz CT molecular complexity index is 1090. The lowest BCUT2D eigenvalue weighted by Crippen LogP contribution is -2.26. The van der Waals surface area contributed by atoms with Gasteiger partial charge in [0, 0.05) is 29.7 Å². The molecule has 0 aliphatic carbocycles. The Morgan fingerprint density at radius 1 is 1.31 bits per heavy atom. The quantitative estimate of drug-likeness (QED) is 0.388. The van der Waals surface area contributed by atoms with Gasteiger partial charge in [0.1, 0.15) is 5.56 Å². The molecule has 4 N–H and O–H groups in total. The summed E-state index contributed by atoms with van der Waals surface area (Å²) in [7, 11) is 1.24. The first kappa shape index (κ1) is 17.2. The molecule has 0 bridgehead atoms. The average molecular weight is 356 g/mol. The van der Waals surface area contributed by atoms with Crippen LogP contribution in [-0.4, -0.2) is 45.4 Å². The molecule has 0 saturated heterocycles. The maximum absolute atomic E-state index is 12.1. The number of fused-ring (bicyclic) bond motifs is 1. The van der Waals surface area contributed by atoms with Gasteiger partial charge in [-0.3, -0.25) is 19.8 Å². The molecule has 1 aromatic carbocycles. The molecule has 0 aliphatic rings. The number of nitrogens with zero attached hydrogens (tertiary/aromatic N) is 1. The second kappa shape index (κ2) is 7.09. The van der Waals surface area contributed by atoms with Crippen molar-refractivity contribution in [1.82, 2.24) is 15.0 Å². The number of aromatic nitrogens is 3. The van der Waals surface area contributed by atoms with Crippen molar-refractivity contribution in [3.8, 4) is 5.88 Å². The largest absolute Gasteiger partial charge is 0.494 e. The summed E-state index contributed by atoms with van der Waals surface area (Å²) >= 11 is 0. The number of carbonyl (C=O) groups is 1. The van der Waals surface area contributed by atoms with E-state index in [0.29, 0.717) is 0 Å². The number of hydrogen-bond acceptors (Lipinski definition) is 6. The molecule has 0 amide bonds. The van der Waals surface area contributed by atoms with Gasteiger partial charge in [-0.2, -0.15) is 0 Å². The number of aliphatic imine (C=N–C) groups is 1. The molecule has 0 spiro atoms. The predicted molar refractivity (Wildman–Crippen MR) is 94.7 cm³/mol. The third-order valence-electron chi connectivity index (χ3n) is 3.90. The molecule has 9 heteroatoms. The maximum Gasteiger partial charge on any atom is 0.330 e. The van der Waals surface area contributed by atoms with Crippen LogP contribution in [0.4, 0.5) is 0 Å². The van der Waals surface area contributed by atoms with Crippen LogP contribution in [0, 0.1) is 0 Å². The minimum atomic E-state index is -0.926. The smallest absolute Gasteiger partial charge is 0.330 e. The fourth-order valence-electron chi connectivity index (χ4n) is 2.61. The first-order valence-electron chi connectivity index (χ1n) is 7.71. The lowest BCUT2D eigenvalue weighted by Gasteiger charge is -2.09. The predicted octanol–water partition coefficient (Wildman–Crippen LogP) is 0.453. The second-order valence-corrected chi connectivity index (χ2v) is 5.55. The monoisotopic (exact) mass is 356 g/mol. The molecule has 3 rings (SSSR count). The molecule has 0 aliphatic heterocycles. The molecule has 0 unspecified atom stereocenters. The SMILES string of the molecule is COC(=O)[C@H](Cc1c[nH]c2ccccc12)N=Cc1c(O)[nH]c(=O)[nH]c1=O. The molecule has 0 saturated carbocycles. The van der Waals surface area contributed by atoms with Gasteiger partial charge in [0.05, 0.1) is 7.11 Å². The number of H-pyrrole nitrogens is 3. The zero-order valence-corrected chi connectivity index (χ0v) is 13.8. The molecule has 134 valence electrons. The van der Waals surface area contributed by atoms with Crippen LogP contribution in [0.1, 0.15) is 11.1 Å². The number of methoxy groups -OCH3 is 1. The summed E-state index contributed by atoms with van der Waals surface area (Å²) < 4.78 is 4.77. The van der Waals surface area contributed by atoms with Crippen molar-refractivity contribution >= 4 is 23.1 Å². The molecule has 1 atom stereocenters. The van der Waals surface area contributed by atoms with Gasteiger partial charge in [0.25, 0.3) is 5.56 Å². The van der Waals surface area contributed by atoms with Gasteiger partial charge in [0.2, 0.25) is 5.88 Å². The third-order valence-corrected chi connectivity index (χ3v) is 3.90. The van der Waals surface area contributed by atoms with Crippen molar-refractivity contribution in [3.05, 3.63) is 62.4 Å². The van der Waals surface area contributed by atoms with Gasteiger partial charge in [-0.1, -0.05) is 18.2 Å². The molecule has 3 aromatic rings. The Balaban J connectivity index is 1.93. The van der Waals surface area contributed by atoms with Crippen molar-refractivity contribution in [1.29, 1.82) is 0 Å². The zero-order chi connectivity index (χ0) is 18.7. The van der Waals surface area contributed by atoms with Crippen molar-refractivity contribution in [3.63, 3.8) is 0 Å². The third kappa shape index (κ3) is 3.41. The number of para-hydroxylation sites is 1. The minimum Gasteiger partial charge on any atom is -0.494 e. The van der Waals surface area contributed by atoms with E-state index >= 15 is 0 Å². The number of hydrogen-bond donors (Lipinski definition) is 4. The Hall–Kier alpha value is -3.62. The number of ether oxygens (including phenoxy) is 1. The molecular weight excluding hydrogens is 340 g/mol. The van der Waals surface area contributed by atoms with E-state index in [0.717, 1.165) is 22.7 Å². The maximum atomic E-state index is 12.1. The normalized spacial score (nSPS) is 12.5. The van der Waals surface area contributed by atoms with E-state index in [1.54, 1.807) is 6.20 Å². The highest BCUT2D eigenvalue weighted by Gasteiger charge is 2.20. The fourth-order valence-corrected chi connectivity index (χ4v) is 2.61. The number of benzene rings is 1. The standard InChI is InChI=1S/C17H16N4O5/c1-26-16(24)13(6-9-7-18-12-5-3-2-4-10(9)12)19-8-11-14(22)20-17(25)21-15(11)23/h2-5,7-8,13,18H,6H2,1H3,(H3,20,21,22,23,25)/t13-/m0/s1. The van der Waals surface area contributed by atoms with Gasteiger partial charge < -0.3 is 14.8 Å². The minimum absolute atomic E-state index is 0.231. The van der Waals surface area contributed by atoms with Gasteiger partial charge in [0.15, 0.2) is 6.04 Å². The highest BCUT2D eigenvalue weighted by atomic mass is 16.5. The molecule has 0 radical (unpaired) electrons. The summed E-state index contributed by atoms with van der Waals surface area (Å²) in [5.41, 5.74) is -0.131. The number of nitrogens with one attached hydrogen (secondary N) is 3. The molecule has 2 aromatic heterocycles. The summed E-state index contributed by atoms with van der Waals surface area (Å²) in [5.74, 6) is -1.22. The summed E-state index contributed by atoms with van der Waals surface area (Å²) in [4.78, 5) is 46.1. The lowest BCUT2D eigenvalue weighted by atomic mass is 10.1. The van der Waals surface area contributed by atoms with Gasteiger partial charge in [-0.25, -0.2) is 9.59 Å². The molecule has 0 fully saturated rings. The number of rotatable bonds is 5. The zero-order valence-electron chi connectivity index (χ0n) is 13.8. The summed E-state index contributed by atoms with van der Waals surface area (Å²) in [6.07, 6.45) is 3.05. The van der Waals surface area contributed by atoms with E-state index in [-0.39, 0.29) is 12.0 Å². The second-order valence-electron chi connectivity index (χ2n) is 5.55. The number of esters is 1. The van der Waals surface area contributed by atoms with Crippen LogP contribution < -0.4 is 11.2 Å². The fraction of sp³-hybridized carbons (Fsp3) is 0.176. The number of aromatic hydroxyl groups is 1. The topological polar surface area (TPSA) is 140 Å². The molecular formula is C17H16N4O5. The van der Waals surface area contributed by atoms with E-state index in [1.165, 1.54) is 7.11 Å². The highest BCUT2D eigenvalue weighted by Crippen LogP contribution is 2.20. The van der Waals surface area contributed by atoms with Crippen LogP contribution in [0.2, 0.25) is 0 Å². The van der Waals surface area contributed by atoms with E-state index in [2.05, 4.69) is 9.98 Å². The van der Waals surface area contributed by atoms with E-state index < -0.39 is 29.1 Å². The van der Waals surface area contributed by atoms with Crippen LogP contribution in [0.25, 0.3) is 10.9 Å². The summed E-state index contributed by atoms with van der Waals surface area (Å²) in [6.45, 7) is 0. The first-order valence-corrected chi connectivity index (χ1v) is 7.71. The Labute approximate surface area is 146 Å². The van der Waals surface area contributed by atoms with Gasteiger partial charge in [-0.05, 0) is 11.6 Å². The number of aromatic amines is 3. The highest BCUT2D eigenvalue weighted by molar-refractivity contribution is 5.87. The average Bonchev–Trinajstić information content (AvgIpc) is 3.02. The lowest BCUT2D eigenvalue weighted by molar-refractivity contribution is -0.142. The Morgan fingerprint density at radius 3 is 2.81 bits per heavy atom. The Kier molecular flexibility index (Phi) is 4.70. The van der Waals surface area contributed by atoms with E-state index in [9.17, 15) is 19.5 Å². The van der Waals surface area contributed by atoms with Crippen LogP contribution in [0.5, 0.6) is 5.88 Å². The molecule has 9 nitrogen and oxygen atoms in total. The van der Waals surface area contributed by atoms with Crippen LogP contribution in [-0.2, 0) is 16.0 Å². The van der Waals surface area contributed by atoms with Gasteiger partial charge >= 0.3 is 11.7 Å². The van der Waals surface area contributed by atoms with Gasteiger partial charge in [-0.15, -0.1) is 0 Å². The van der Waals surface area contributed by atoms with Crippen molar-refractivity contribution < 1.29 is 14.6 Å². The van der Waals surface area contributed by atoms with Crippen molar-refractivity contribution in [2.75, 3.05) is 7.11 Å². The van der Waals surface area contributed by atoms with Crippen LogP contribution in [0.3, 0.4) is 0 Å².